The molecule has 1 saturated carbocycles. The van der Waals surface area contributed by atoms with Crippen LogP contribution < -0.4 is 0 Å². The number of amides is 1. The Hall–Kier alpha value is -1.66. The summed E-state index contributed by atoms with van der Waals surface area (Å²) in [4.78, 5) is 19.1. The number of fused-ring (bicyclic) bond motifs is 1. The first-order valence-electron chi connectivity index (χ1n) is 8.64. The van der Waals surface area contributed by atoms with Crippen LogP contribution in [-0.4, -0.2) is 35.0 Å². The third-order valence-electron chi connectivity index (χ3n) is 5.29. The smallest absolute Gasteiger partial charge is 0.289 e. The molecule has 0 N–H and O–H groups in total. The van der Waals surface area contributed by atoms with Crippen LogP contribution in [-0.2, 0) is 4.74 Å². The summed E-state index contributed by atoms with van der Waals surface area (Å²) in [7, 11) is 0. The standard InChI is InChI=1S/C18H20N2O3S/c1-10-2-5-14(22-10)18(21)20-7-12-6-15(23-16(12)8-20)17-19-13(9-24-17)11-3-4-11/h2,5,9,11-12,15-16H,3-4,6-8H2,1H3/t12-,15-,16+/m0/s1. The van der Waals surface area contributed by atoms with Crippen molar-refractivity contribution in [2.24, 2.45) is 5.92 Å². The molecule has 3 atom stereocenters. The maximum absolute atomic E-state index is 12.5. The van der Waals surface area contributed by atoms with Gasteiger partial charge in [-0.1, -0.05) is 0 Å². The molecule has 2 aromatic rings. The van der Waals surface area contributed by atoms with Gasteiger partial charge in [0.2, 0.25) is 0 Å². The summed E-state index contributed by atoms with van der Waals surface area (Å²) in [6.45, 7) is 3.26. The fraction of sp³-hybridized carbons (Fsp3) is 0.556. The fourth-order valence-corrected chi connectivity index (χ4v) is 4.76. The maximum Gasteiger partial charge on any atom is 0.289 e. The van der Waals surface area contributed by atoms with Crippen LogP contribution in [0.5, 0.6) is 0 Å². The molecule has 1 aliphatic carbocycles. The van der Waals surface area contributed by atoms with Crippen LogP contribution in [0.3, 0.4) is 0 Å². The molecule has 3 fully saturated rings. The third-order valence-corrected chi connectivity index (χ3v) is 6.24. The van der Waals surface area contributed by atoms with Crippen LogP contribution in [0, 0.1) is 12.8 Å². The molecule has 24 heavy (non-hydrogen) atoms. The van der Waals surface area contributed by atoms with Crippen molar-refractivity contribution in [1.29, 1.82) is 0 Å². The van der Waals surface area contributed by atoms with Gasteiger partial charge in [0.1, 0.15) is 16.9 Å². The van der Waals surface area contributed by atoms with Crippen LogP contribution in [0.4, 0.5) is 0 Å². The van der Waals surface area contributed by atoms with Crippen LogP contribution in [0.2, 0.25) is 0 Å². The van der Waals surface area contributed by atoms with Crippen molar-refractivity contribution in [2.45, 2.75) is 44.3 Å². The number of nitrogens with zero attached hydrogens (tertiary/aromatic N) is 2. The quantitative estimate of drug-likeness (QED) is 0.855. The second kappa shape index (κ2) is 5.43. The Bertz CT molecular complexity index is 765. The summed E-state index contributed by atoms with van der Waals surface area (Å²) >= 11 is 1.73. The zero-order valence-electron chi connectivity index (χ0n) is 13.6. The monoisotopic (exact) mass is 344 g/mol. The predicted molar refractivity (Wildman–Crippen MR) is 89.2 cm³/mol. The summed E-state index contributed by atoms with van der Waals surface area (Å²) in [6.07, 6.45) is 3.76. The molecule has 126 valence electrons. The van der Waals surface area contributed by atoms with Crippen molar-refractivity contribution in [1.82, 2.24) is 9.88 Å². The van der Waals surface area contributed by atoms with Gasteiger partial charge >= 0.3 is 0 Å². The minimum absolute atomic E-state index is 0.0251. The van der Waals surface area contributed by atoms with E-state index in [-0.39, 0.29) is 18.1 Å². The summed E-state index contributed by atoms with van der Waals surface area (Å²) in [5, 5.41) is 3.31. The molecule has 2 aliphatic heterocycles. The van der Waals surface area contributed by atoms with Crippen LogP contribution >= 0.6 is 11.3 Å². The highest BCUT2D eigenvalue weighted by molar-refractivity contribution is 7.09. The Kier molecular flexibility index (Phi) is 3.31. The molecule has 0 spiro atoms. The van der Waals surface area contributed by atoms with Crippen molar-refractivity contribution in [3.05, 3.63) is 39.7 Å². The highest BCUT2D eigenvalue weighted by atomic mass is 32.1. The number of hydrogen-bond acceptors (Lipinski definition) is 5. The van der Waals surface area contributed by atoms with Gasteiger partial charge in [-0.05, 0) is 38.3 Å². The number of rotatable bonds is 3. The van der Waals surface area contributed by atoms with Gasteiger partial charge in [0.05, 0.1) is 11.8 Å². The van der Waals surface area contributed by atoms with Gasteiger partial charge in [-0.3, -0.25) is 4.79 Å². The lowest BCUT2D eigenvalue weighted by Crippen LogP contribution is -2.30. The van der Waals surface area contributed by atoms with Crippen LogP contribution in [0.15, 0.2) is 21.9 Å². The Balaban J connectivity index is 1.24. The molecule has 5 nitrogen and oxygen atoms in total. The van der Waals surface area contributed by atoms with Crippen molar-refractivity contribution in [3.63, 3.8) is 0 Å². The number of likely N-dealkylation sites (tertiary alicyclic amines) is 1. The Morgan fingerprint density at radius 2 is 2.21 bits per heavy atom. The minimum Gasteiger partial charge on any atom is -0.456 e. The largest absolute Gasteiger partial charge is 0.456 e. The van der Waals surface area contributed by atoms with Gasteiger partial charge in [0.15, 0.2) is 5.76 Å². The third kappa shape index (κ3) is 2.48. The number of aromatic nitrogens is 1. The molecule has 0 bridgehead atoms. The number of hydrogen-bond donors (Lipinski definition) is 0. The first-order chi connectivity index (χ1) is 11.7. The zero-order chi connectivity index (χ0) is 16.3. The van der Waals surface area contributed by atoms with Gasteiger partial charge in [-0.25, -0.2) is 4.98 Å². The summed E-state index contributed by atoms with van der Waals surface area (Å²) in [5.41, 5.74) is 1.25. The summed E-state index contributed by atoms with van der Waals surface area (Å²) < 4.78 is 11.7. The highest BCUT2D eigenvalue weighted by Gasteiger charge is 2.45. The Morgan fingerprint density at radius 3 is 2.92 bits per heavy atom. The average molecular weight is 344 g/mol. The van der Waals surface area contributed by atoms with E-state index in [2.05, 4.69) is 5.38 Å². The van der Waals surface area contributed by atoms with Gasteiger partial charge in [0.25, 0.3) is 5.91 Å². The molecule has 0 unspecified atom stereocenters. The molecule has 5 rings (SSSR count). The first-order valence-corrected chi connectivity index (χ1v) is 9.52. The van der Waals surface area contributed by atoms with Gasteiger partial charge in [-0.15, -0.1) is 11.3 Å². The molecule has 3 aliphatic rings. The van der Waals surface area contributed by atoms with E-state index in [1.807, 2.05) is 17.9 Å². The number of aryl methyl sites for hydroxylation is 1. The molecule has 0 radical (unpaired) electrons. The van der Waals surface area contributed by atoms with E-state index >= 15 is 0 Å². The molecule has 4 heterocycles. The van der Waals surface area contributed by atoms with Gasteiger partial charge < -0.3 is 14.1 Å². The SMILES string of the molecule is Cc1ccc(C(=O)N2C[C@@H]3C[C@@H](c4nc(C5CC5)cs4)O[C@@H]3C2)o1. The molecule has 2 aromatic heterocycles. The molecular weight excluding hydrogens is 324 g/mol. The lowest BCUT2D eigenvalue weighted by Gasteiger charge is -2.17. The van der Waals surface area contributed by atoms with Crippen LogP contribution in [0.25, 0.3) is 0 Å². The molecule has 0 aromatic carbocycles. The van der Waals surface area contributed by atoms with Gasteiger partial charge in [0, 0.05) is 30.3 Å². The highest BCUT2D eigenvalue weighted by Crippen LogP contribution is 2.45. The maximum atomic E-state index is 12.5. The van der Waals surface area contributed by atoms with E-state index in [0.29, 0.717) is 24.1 Å². The first kappa shape index (κ1) is 14.7. The molecule has 2 saturated heterocycles. The number of carbonyl (C=O) groups is 1. The lowest BCUT2D eigenvalue weighted by atomic mass is 10.0. The molecular formula is C18H20N2O3S. The van der Waals surface area contributed by atoms with Crippen LogP contribution in [0.1, 0.15) is 58.3 Å². The van der Waals surface area contributed by atoms with Crippen molar-refractivity contribution < 1.29 is 13.9 Å². The van der Waals surface area contributed by atoms with E-state index in [1.165, 1.54) is 18.5 Å². The zero-order valence-corrected chi connectivity index (χ0v) is 14.4. The van der Waals surface area contributed by atoms with E-state index in [4.69, 9.17) is 14.1 Å². The number of carbonyl (C=O) groups excluding carboxylic acids is 1. The Labute approximate surface area is 144 Å². The fourth-order valence-electron chi connectivity index (χ4n) is 3.81. The minimum atomic E-state index is -0.0251. The van der Waals surface area contributed by atoms with Crippen molar-refractivity contribution in [2.75, 3.05) is 13.1 Å². The normalized spacial score (nSPS) is 29.2. The van der Waals surface area contributed by atoms with E-state index in [1.54, 1.807) is 17.4 Å². The van der Waals surface area contributed by atoms with Crippen molar-refractivity contribution in [3.8, 4) is 0 Å². The lowest BCUT2D eigenvalue weighted by molar-refractivity contribution is 0.0346. The second-order valence-corrected chi connectivity index (χ2v) is 8.05. The van der Waals surface area contributed by atoms with E-state index < -0.39 is 0 Å². The number of thiazole rings is 1. The van der Waals surface area contributed by atoms with E-state index in [9.17, 15) is 4.79 Å². The average Bonchev–Trinajstić information content (AvgIpc) is 2.97. The van der Waals surface area contributed by atoms with Gasteiger partial charge in [-0.2, -0.15) is 0 Å². The number of ether oxygens (including phenoxy) is 1. The Morgan fingerprint density at radius 1 is 1.33 bits per heavy atom. The van der Waals surface area contributed by atoms with E-state index in [0.717, 1.165) is 23.7 Å². The van der Waals surface area contributed by atoms with Crippen molar-refractivity contribution >= 4 is 17.2 Å². The summed E-state index contributed by atoms with van der Waals surface area (Å²) in [5.74, 6) is 2.27. The topological polar surface area (TPSA) is 55.6 Å². The second-order valence-electron chi connectivity index (χ2n) is 7.16. The predicted octanol–water partition coefficient (Wildman–Crippen LogP) is 3.52. The molecule has 1 amide bonds. The number of furan rings is 1. The summed E-state index contributed by atoms with van der Waals surface area (Å²) in [6, 6.07) is 3.58. The molecule has 6 heteroatoms.